The van der Waals surface area contributed by atoms with Gasteiger partial charge in [-0.1, -0.05) is 24.6 Å². The molecule has 0 heterocycles. The second-order valence-electron chi connectivity index (χ2n) is 5.33. The van der Waals surface area contributed by atoms with Crippen molar-refractivity contribution in [1.29, 1.82) is 0 Å². The Kier molecular flexibility index (Phi) is 6.52. The molecule has 1 aromatic rings. The van der Waals surface area contributed by atoms with E-state index in [-0.39, 0.29) is 24.6 Å². The zero-order chi connectivity index (χ0) is 15.1. The van der Waals surface area contributed by atoms with Gasteiger partial charge in [0.1, 0.15) is 5.75 Å². The first-order chi connectivity index (χ1) is 9.43. The van der Waals surface area contributed by atoms with E-state index >= 15 is 0 Å². The summed E-state index contributed by atoms with van der Waals surface area (Å²) < 4.78 is 5.67. The van der Waals surface area contributed by atoms with Gasteiger partial charge < -0.3 is 15.4 Å². The number of nitrogens with one attached hydrogen (secondary N) is 2. The standard InChI is InChI=1S/C16H26N2O2/c1-6-17-13(5)14-9-12(4)7-8-15(14)20-10-16(19)18-11(2)3/h7-9,11,13,17H,6,10H2,1-5H3,(H,18,19). The van der Waals surface area contributed by atoms with Crippen molar-refractivity contribution >= 4 is 5.91 Å². The third kappa shape index (κ3) is 5.21. The van der Waals surface area contributed by atoms with Crippen LogP contribution in [0.3, 0.4) is 0 Å². The summed E-state index contributed by atoms with van der Waals surface area (Å²) in [4.78, 5) is 11.6. The van der Waals surface area contributed by atoms with Gasteiger partial charge in [-0.3, -0.25) is 4.79 Å². The van der Waals surface area contributed by atoms with E-state index in [1.807, 2.05) is 26.0 Å². The van der Waals surface area contributed by atoms with Gasteiger partial charge in [0.15, 0.2) is 6.61 Å². The lowest BCUT2D eigenvalue weighted by Gasteiger charge is -2.18. The highest BCUT2D eigenvalue weighted by Crippen LogP contribution is 2.26. The Balaban J connectivity index is 2.76. The first kappa shape index (κ1) is 16.5. The summed E-state index contributed by atoms with van der Waals surface area (Å²) in [5, 5.41) is 6.19. The average Bonchev–Trinajstić information content (AvgIpc) is 2.36. The Bertz CT molecular complexity index is 444. The van der Waals surface area contributed by atoms with Crippen molar-refractivity contribution < 1.29 is 9.53 Å². The van der Waals surface area contributed by atoms with E-state index in [2.05, 4.69) is 37.5 Å². The van der Waals surface area contributed by atoms with Crippen molar-refractivity contribution in [3.63, 3.8) is 0 Å². The molecule has 1 rings (SSSR count). The van der Waals surface area contributed by atoms with Gasteiger partial charge in [-0.05, 0) is 40.3 Å². The Morgan fingerprint density at radius 3 is 2.60 bits per heavy atom. The van der Waals surface area contributed by atoms with Crippen LogP contribution < -0.4 is 15.4 Å². The van der Waals surface area contributed by atoms with Crippen molar-refractivity contribution in [2.45, 2.75) is 46.7 Å². The van der Waals surface area contributed by atoms with Crippen molar-refractivity contribution in [3.8, 4) is 5.75 Å². The third-order valence-electron chi connectivity index (χ3n) is 2.95. The Labute approximate surface area is 121 Å². The van der Waals surface area contributed by atoms with Crippen LogP contribution in [0.25, 0.3) is 0 Å². The topological polar surface area (TPSA) is 50.4 Å². The lowest BCUT2D eigenvalue weighted by molar-refractivity contribution is -0.123. The summed E-state index contributed by atoms with van der Waals surface area (Å²) in [6, 6.07) is 6.36. The molecule has 4 heteroatoms. The Hall–Kier alpha value is -1.55. The predicted octanol–water partition coefficient (Wildman–Crippen LogP) is 2.57. The number of ether oxygens (including phenoxy) is 1. The third-order valence-corrected chi connectivity index (χ3v) is 2.95. The largest absolute Gasteiger partial charge is 0.483 e. The molecule has 0 fully saturated rings. The molecule has 0 aliphatic rings. The summed E-state index contributed by atoms with van der Waals surface area (Å²) >= 11 is 0. The lowest BCUT2D eigenvalue weighted by Crippen LogP contribution is -2.34. The van der Waals surface area contributed by atoms with Gasteiger partial charge in [0.05, 0.1) is 0 Å². The molecule has 0 spiro atoms. The van der Waals surface area contributed by atoms with Crippen LogP contribution in [0.5, 0.6) is 5.75 Å². The fraction of sp³-hybridized carbons (Fsp3) is 0.562. The Morgan fingerprint density at radius 1 is 1.30 bits per heavy atom. The van der Waals surface area contributed by atoms with Crippen molar-refractivity contribution in [3.05, 3.63) is 29.3 Å². The van der Waals surface area contributed by atoms with Crippen LogP contribution in [0.1, 0.15) is 44.9 Å². The quantitative estimate of drug-likeness (QED) is 0.806. The molecule has 0 aromatic heterocycles. The number of carbonyl (C=O) groups is 1. The minimum atomic E-state index is -0.0948. The first-order valence-corrected chi connectivity index (χ1v) is 7.20. The minimum Gasteiger partial charge on any atom is -0.483 e. The van der Waals surface area contributed by atoms with E-state index in [4.69, 9.17) is 4.74 Å². The van der Waals surface area contributed by atoms with Gasteiger partial charge >= 0.3 is 0 Å². The fourth-order valence-corrected chi connectivity index (χ4v) is 2.06. The molecule has 112 valence electrons. The number of amides is 1. The van der Waals surface area contributed by atoms with Crippen LogP contribution in [-0.2, 0) is 4.79 Å². The smallest absolute Gasteiger partial charge is 0.258 e. The van der Waals surface area contributed by atoms with Crippen LogP contribution in [0.2, 0.25) is 0 Å². The number of rotatable bonds is 7. The van der Waals surface area contributed by atoms with E-state index in [0.717, 1.165) is 17.9 Å². The molecule has 0 bridgehead atoms. The van der Waals surface area contributed by atoms with Crippen LogP contribution in [-0.4, -0.2) is 25.1 Å². The highest BCUT2D eigenvalue weighted by molar-refractivity contribution is 5.77. The Morgan fingerprint density at radius 2 is 2.00 bits per heavy atom. The molecule has 0 saturated carbocycles. The van der Waals surface area contributed by atoms with E-state index in [1.54, 1.807) is 0 Å². The molecule has 0 radical (unpaired) electrons. The molecule has 0 aliphatic heterocycles. The number of aryl methyl sites for hydroxylation is 1. The van der Waals surface area contributed by atoms with Gasteiger partial charge in [-0.25, -0.2) is 0 Å². The molecule has 1 atom stereocenters. The summed E-state index contributed by atoms with van der Waals surface area (Å²) in [5.41, 5.74) is 2.27. The highest BCUT2D eigenvalue weighted by Gasteiger charge is 2.12. The molecule has 0 saturated heterocycles. The van der Waals surface area contributed by atoms with Crippen LogP contribution in [0, 0.1) is 6.92 Å². The van der Waals surface area contributed by atoms with Gasteiger partial charge in [-0.15, -0.1) is 0 Å². The zero-order valence-corrected chi connectivity index (χ0v) is 13.1. The SMILES string of the molecule is CCNC(C)c1cc(C)ccc1OCC(=O)NC(C)C. The molecular formula is C16H26N2O2. The molecule has 2 N–H and O–H groups in total. The van der Waals surface area contributed by atoms with Crippen molar-refractivity contribution in [1.82, 2.24) is 10.6 Å². The molecule has 0 aliphatic carbocycles. The minimum absolute atomic E-state index is 0.0487. The van der Waals surface area contributed by atoms with Gasteiger partial charge in [-0.2, -0.15) is 0 Å². The summed E-state index contributed by atoms with van der Waals surface area (Å²) in [7, 11) is 0. The summed E-state index contributed by atoms with van der Waals surface area (Å²) in [5.74, 6) is 0.672. The van der Waals surface area contributed by atoms with Gasteiger partial charge in [0.25, 0.3) is 5.91 Å². The maximum atomic E-state index is 11.6. The van der Waals surface area contributed by atoms with Crippen LogP contribution in [0.15, 0.2) is 18.2 Å². The van der Waals surface area contributed by atoms with Crippen LogP contribution in [0.4, 0.5) is 0 Å². The zero-order valence-electron chi connectivity index (χ0n) is 13.1. The molecule has 1 unspecified atom stereocenters. The van der Waals surface area contributed by atoms with Crippen molar-refractivity contribution in [2.75, 3.05) is 13.2 Å². The molecule has 1 aromatic carbocycles. The fourth-order valence-electron chi connectivity index (χ4n) is 2.06. The van der Waals surface area contributed by atoms with Gasteiger partial charge in [0.2, 0.25) is 0 Å². The number of hydrogen-bond acceptors (Lipinski definition) is 3. The lowest BCUT2D eigenvalue weighted by atomic mass is 10.0. The second kappa shape index (κ2) is 7.90. The molecule has 1 amide bonds. The number of benzene rings is 1. The molecule has 4 nitrogen and oxygen atoms in total. The summed E-state index contributed by atoms with van der Waals surface area (Å²) in [6.07, 6.45) is 0. The number of hydrogen-bond donors (Lipinski definition) is 2. The average molecular weight is 278 g/mol. The molecule has 20 heavy (non-hydrogen) atoms. The first-order valence-electron chi connectivity index (χ1n) is 7.20. The van der Waals surface area contributed by atoms with Gasteiger partial charge in [0, 0.05) is 17.6 Å². The highest BCUT2D eigenvalue weighted by atomic mass is 16.5. The van der Waals surface area contributed by atoms with E-state index in [1.165, 1.54) is 5.56 Å². The van der Waals surface area contributed by atoms with Crippen molar-refractivity contribution in [2.24, 2.45) is 0 Å². The van der Waals surface area contributed by atoms with Crippen LogP contribution >= 0.6 is 0 Å². The van der Waals surface area contributed by atoms with E-state index < -0.39 is 0 Å². The predicted molar refractivity (Wildman–Crippen MR) is 82.0 cm³/mol. The maximum Gasteiger partial charge on any atom is 0.258 e. The summed E-state index contributed by atoms with van der Waals surface area (Å²) in [6.45, 7) is 11.0. The molecular weight excluding hydrogens is 252 g/mol. The van der Waals surface area contributed by atoms with E-state index in [0.29, 0.717) is 0 Å². The van der Waals surface area contributed by atoms with E-state index in [9.17, 15) is 4.79 Å². The maximum absolute atomic E-state index is 11.6. The normalized spacial score (nSPS) is 12.3. The second-order valence-corrected chi connectivity index (χ2v) is 5.33. The monoisotopic (exact) mass is 278 g/mol. The number of carbonyl (C=O) groups excluding carboxylic acids is 1.